The van der Waals surface area contributed by atoms with Crippen molar-refractivity contribution in [2.24, 2.45) is 0 Å². The summed E-state index contributed by atoms with van der Waals surface area (Å²) >= 11 is 0. The van der Waals surface area contributed by atoms with E-state index in [2.05, 4.69) is 0 Å². The van der Waals surface area contributed by atoms with E-state index in [0.717, 1.165) is 52.4 Å². The van der Waals surface area contributed by atoms with Crippen molar-refractivity contribution >= 4 is 19.5 Å². The van der Waals surface area contributed by atoms with Crippen LogP contribution in [-0.2, 0) is 9.59 Å². The van der Waals surface area contributed by atoms with Crippen LogP contribution >= 0.6 is 0 Å². The largest absolute Gasteiger partial charge is 0.365 e. The Morgan fingerprint density at radius 1 is 0.913 bits per heavy atom. The van der Waals surface area contributed by atoms with Crippen molar-refractivity contribution in [3.05, 3.63) is 23.2 Å². The molecule has 3 fully saturated rings. The van der Waals surface area contributed by atoms with Gasteiger partial charge in [0.1, 0.15) is 11.4 Å². The number of Topliss-reactive ketones (excluding diaryl/α,β-unsaturated/α-hetero) is 1. The molecule has 0 amide bonds. The molecule has 3 saturated heterocycles. The highest BCUT2D eigenvalue weighted by Crippen LogP contribution is 2.33. The normalized spacial score (nSPS) is 22.2. The lowest BCUT2D eigenvalue weighted by Gasteiger charge is -2.21. The van der Waals surface area contributed by atoms with Crippen LogP contribution in [-0.4, -0.2) is 91.4 Å². The van der Waals surface area contributed by atoms with Crippen LogP contribution in [0.1, 0.15) is 13.8 Å². The van der Waals surface area contributed by atoms with Gasteiger partial charge in [0.25, 0.3) is 0 Å². The molecule has 0 aromatic rings. The Bertz CT molecular complexity index is 571. The van der Waals surface area contributed by atoms with Crippen LogP contribution in [0.2, 0.25) is 0 Å². The molecule has 0 atom stereocenters. The molecule has 4 rings (SSSR count). The zero-order valence-electron chi connectivity index (χ0n) is 13.9. The van der Waals surface area contributed by atoms with Crippen LogP contribution in [0.4, 0.5) is 0 Å². The summed E-state index contributed by atoms with van der Waals surface area (Å²) in [5.41, 5.74) is 1.89. The lowest BCUT2D eigenvalue weighted by Crippen LogP contribution is -2.29. The first kappa shape index (κ1) is 16.1. The number of carbonyl (C=O) groups is 2. The predicted molar refractivity (Wildman–Crippen MR) is 88.5 cm³/mol. The Morgan fingerprint density at radius 3 is 1.78 bits per heavy atom. The van der Waals surface area contributed by atoms with E-state index in [1.165, 1.54) is 6.08 Å². The number of carbonyl (C=O) groups excluding carboxylic acids is 2. The topological polar surface area (TPSA) is 46.4 Å². The Balaban J connectivity index is 0.000000227. The Labute approximate surface area is 138 Å². The minimum atomic E-state index is 0.00546. The van der Waals surface area contributed by atoms with Gasteiger partial charge in [0.2, 0.25) is 11.6 Å². The van der Waals surface area contributed by atoms with Gasteiger partial charge in [0.05, 0.1) is 5.70 Å². The van der Waals surface area contributed by atoms with E-state index >= 15 is 0 Å². The molecule has 0 aromatic carbocycles. The average molecular weight is 314 g/mol. The van der Waals surface area contributed by atoms with Gasteiger partial charge in [-0.2, -0.15) is 0 Å². The molecule has 1 aliphatic carbocycles. The first-order valence-corrected chi connectivity index (χ1v) is 8.36. The second-order valence-corrected chi connectivity index (χ2v) is 6.10. The van der Waals surface area contributed by atoms with Crippen LogP contribution in [0.25, 0.3) is 0 Å². The van der Waals surface area contributed by atoms with Crippen molar-refractivity contribution in [3.8, 4) is 0 Å². The van der Waals surface area contributed by atoms with Gasteiger partial charge in [-0.15, -0.1) is 0 Å². The van der Waals surface area contributed by atoms with Crippen molar-refractivity contribution in [2.45, 2.75) is 13.8 Å². The van der Waals surface area contributed by atoms with Crippen molar-refractivity contribution < 1.29 is 9.59 Å². The van der Waals surface area contributed by atoms with E-state index in [1.807, 2.05) is 28.5 Å². The fourth-order valence-electron chi connectivity index (χ4n) is 2.50. The van der Waals surface area contributed by atoms with Crippen molar-refractivity contribution in [2.75, 3.05) is 52.4 Å². The molecule has 0 spiro atoms. The second kappa shape index (κ2) is 6.39. The third kappa shape index (κ3) is 3.60. The van der Waals surface area contributed by atoms with E-state index < -0.39 is 0 Å². The number of nitrogens with zero attached hydrogens (tertiary/aromatic N) is 4. The SMILES string of the molecule is O=C1C=C(N2CC2)C(=O)C(N2CC2)=C1N1CC1.[B]N(CC)CC. The maximum absolute atomic E-state index is 12.4. The zero-order valence-corrected chi connectivity index (χ0v) is 13.9. The van der Waals surface area contributed by atoms with E-state index in [0.29, 0.717) is 17.1 Å². The second-order valence-electron chi connectivity index (χ2n) is 6.10. The number of ketones is 2. The van der Waals surface area contributed by atoms with E-state index in [1.54, 1.807) is 4.81 Å². The Kier molecular flexibility index (Phi) is 4.48. The highest BCUT2D eigenvalue weighted by atomic mass is 16.1. The number of hydrogen-bond acceptors (Lipinski definition) is 6. The summed E-state index contributed by atoms with van der Waals surface area (Å²) in [5, 5.41) is 0. The summed E-state index contributed by atoms with van der Waals surface area (Å²) < 4.78 is 0. The molecule has 6 nitrogen and oxygen atoms in total. The molecule has 23 heavy (non-hydrogen) atoms. The van der Waals surface area contributed by atoms with E-state index in [4.69, 9.17) is 7.98 Å². The van der Waals surface area contributed by atoms with Crippen molar-refractivity contribution in [1.29, 1.82) is 0 Å². The van der Waals surface area contributed by atoms with Gasteiger partial charge >= 0.3 is 0 Å². The van der Waals surface area contributed by atoms with Crippen LogP contribution in [0.15, 0.2) is 23.2 Å². The Hall–Kier alpha value is -1.76. The molecule has 4 aliphatic rings. The zero-order chi connectivity index (χ0) is 16.6. The van der Waals surface area contributed by atoms with Gasteiger partial charge in [0, 0.05) is 45.3 Å². The number of allylic oxidation sites excluding steroid dienone is 1. The van der Waals surface area contributed by atoms with Crippen LogP contribution in [0.5, 0.6) is 0 Å². The first-order valence-electron chi connectivity index (χ1n) is 8.36. The third-order valence-corrected chi connectivity index (χ3v) is 4.30. The third-order valence-electron chi connectivity index (χ3n) is 4.30. The average Bonchev–Trinajstić information content (AvgIpc) is 3.42. The van der Waals surface area contributed by atoms with Crippen LogP contribution in [0.3, 0.4) is 0 Å². The summed E-state index contributed by atoms with van der Waals surface area (Å²) in [4.78, 5) is 32.2. The smallest absolute Gasteiger partial charge is 0.227 e. The summed E-state index contributed by atoms with van der Waals surface area (Å²) in [6, 6.07) is 0. The molecule has 0 aromatic heterocycles. The lowest BCUT2D eigenvalue weighted by atomic mass is 10.0. The summed E-state index contributed by atoms with van der Waals surface area (Å²) in [7, 11) is 5.31. The predicted octanol–water partition coefficient (Wildman–Crippen LogP) is -0.408. The molecular formula is C16H23BN4O2. The fourth-order valence-corrected chi connectivity index (χ4v) is 2.50. The highest BCUT2D eigenvalue weighted by molar-refractivity contribution is 6.22. The van der Waals surface area contributed by atoms with Crippen molar-refractivity contribution in [3.63, 3.8) is 0 Å². The lowest BCUT2D eigenvalue weighted by molar-refractivity contribution is -0.117. The first-order chi connectivity index (χ1) is 11.1. The molecular weight excluding hydrogens is 291 g/mol. The molecule has 7 heteroatoms. The van der Waals surface area contributed by atoms with Gasteiger partial charge < -0.3 is 19.5 Å². The van der Waals surface area contributed by atoms with Crippen molar-refractivity contribution in [1.82, 2.24) is 19.5 Å². The summed E-state index contributed by atoms with van der Waals surface area (Å²) in [5.74, 6) is 0.0485. The molecule has 2 radical (unpaired) electrons. The molecule has 0 unspecified atom stereocenters. The van der Waals surface area contributed by atoms with Gasteiger partial charge in [-0.1, -0.05) is 13.8 Å². The highest BCUT2D eigenvalue weighted by Gasteiger charge is 2.43. The number of rotatable bonds is 5. The standard InChI is InChI=1S/C12H13N3O2.C4H10BN/c16-9-7-8(13-1-2-13)12(17)11(15-5-6-15)10(9)14-3-4-14;1-3-6(5)4-2/h7H,1-6H2;3-4H2,1-2H3. The molecule has 0 saturated carbocycles. The van der Waals surface area contributed by atoms with E-state index in [9.17, 15) is 9.59 Å². The van der Waals surface area contributed by atoms with Gasteiger partial charge in [-0.3, -0.25) is 9.59 Å². The van der Waals surface area contributed by atoms with Crippen LogP contribution in [0, 0.1) is 0 Å². The molecule has 0 bridgehead atoms. The summed E-state index contributed by atoms with van der Waals surface area (Å²) in [6.07, 6.45) is 1.52. The minimum absolute atomic E-state index is 0.00546. The van der Waals surface area contributed by atoms with Gasteiger partial charge in [-0.05, 0) is 13.1 Å². The molecule has 3 heterocycles. The van der Waals surface area contributed by atoms with E-state index in [-0.39, 0.29) is 11.6 Å². The number of hydrogen-bond donors (Lipinski definition) is 0. The monoisotopic (exact) mass is 314 g/mol. The van der Waals surface area contributed by atoms with Gasteiger partial charge in [0.15, 0.2) is 7.98 Å². The fraction of sp³-hybridized carbons (Fsp3) is 0.625. The quantitative estimate of drug-likeness (QED) is 0.391. The molecule has 122 valence electrons. The molecule has 0 N–H and O–H groups in total. The molecule has 3 aliphatic heterocycles. The van der Waals surface area contributed by atoms with Gasteiger partial charge in [-0.25, -0.2) is 0 Å². The summed E-state index contributed by atoms with van der Waals surface area (Å²) in [6.45, 7) is 11.4. The maximum atomic E-state index is 12.4. The minimum Gasteiger partial charge on any atom is -0.365 e. The Morgan fingerprint density at radius 2 is 1.39 bits per heavy atom. The van der Waals surface area contributed by atoms with Crippen LogP contribution < -0.4 is 0 Å². The maximum Gasteiger partial charge on any atom is 0.227 e.